The minimum Gasteiger partial charge on any atom is -0.497 e. The number of rotatable bonds is 3. The van der Waals surface area contributed by atoms with E-state index in [1.54, 1.807) is 12.3 Å². The highest BCUT2D eigenvalue weighted by Crippen LogP contribution is 2.17. The summed E-state index contributed by atoms with van der Waals surface area (Å²) < 4.78 is 18.5. The molecule has 2 rings (SSSR count). The number of ether oxygens (including phenoxy) is 1. The lowest BCUT2D eigenvalue weighted by atomic mass is 10.1. The van der Waals surface area contributed by atoms with Crippen molar-refractivity contribution in [3.8, 4) is 0 Å². The van der Waals surface area contributed by atoms with Gasteiger partial charge in [0.25, 0.3) is 0 Å². The summed E-state index contributed by atoms with van der Waals surface area (Å²) in [5.74, 6) is -0.211. The van der Waals surface area contributed by atoms with E-state index < -0.39 is 0 Å². The lowest BCUT2D eigenvalue weighted by Crippen LogP contribution is -2.23. The van der Waals surface area contributed by atoms with E-state index in [0.29, 0.717) is 6.54 Å². The topological polar surface area (TPSA) is 21.3 Å². The van der Waals surface area contributed by atoms with Crippen LogP contribution in [0.1, 0.15) is 18.4 Å². The monoisotopic (exact) mass is 221 g/mol. The lowest BCUT2D eigenvalue weighted by Gasteiger charge is -2.20. The van der Waals surface area contributed by atoms with E-state index in [0.717, 1.165) is 24.1 Å². The molecule has 2 nitrogen and oxygen atoms in total. The van der Waals surface area contributed by atoms with Gasteiger partial charge < -0.3 is 10.1 Å². The Morgan fingerprint density at radius 1 is 1.50 bits per heavy atom. The second kappa shape index (κ2) is 5.01. The van der Waals surface area contributed by atoms with Crippen molar-refractivity contribution < 1.29 is 9.13 Å². The molecule has 3 heteroatoms. The fourth-order valence-corrected chi connectivity index (χ4v) is 1.74. The number of benzene rings is 1. The lowest BCUT2D eigenvalue weighted by molar-refractivity contribution is 0.135. The highest BCUT2D eigenvalue weighted by Gasteiger charge is 2.11. The van der Waals surface area contributed by atoms with Gasteiger partial charge in [-0.2, -0.15) is 0 Å². The van der Waals surface area contributed by atoms with Gasteiger partial charge in [0.15, 0.2) is 0 Å². The average Bonchev–Trinajstić information content (AvgIpc) is 2.32. The third-order valence-electron chi connectivity index (χ3n) is 2.74. The van der Waals surface area contributed by atoms with Crippen molar-refractivity contribution in [3.63, 3.8) is 0 Å². The highest BCUT2D eigenvalue weighted by molar-refractivity contribution is 5.50. The van der Waals surface area contributed by atoms with Gasteiger partial charge in [0, 0.05) is 5.69 Å². The minimum absolute atomic E-state index is 0.188. The van der Waals surface area contributed by atoms with Crippen molar-refractivity contribution in [2.75, 3.05) is 11.9 Å². The summed E-state index contributed by atoms with van der Waals surface area (Å²) in [6.45, 7) is 2.68. The quantitative estimate of drug-likeness (QED) is 0.846. The zero-order chi connectivity index (χ0) is 11.4. The predicted molar refractivity (Wildman–Crippen MR) is 62.9 cm³/mol. The van der Waals surface area contributed by atoms with E-state index in [1.165, 1.54) is 12.1 Å². The second-order valence-corrected chi connectivity index (χ2v) is 4.05. The van der Waals surface area contributed by atoms with Gasteiger partial charge in [0.05, 0.1) is 12.8 Å². The Bertz CT molecular complexity index is 390. The number of nitrogens with one attached hydrogen (secondary N) is 1. The molecule has 1 atom stereocenters. The summed E-state index contributed by atoms with van der Waals surface area (Å²) in [6, 6.07) is 4.77. The Hall–Kier alpha value is -1.51. The molecule has 0 fully saturated rings. The largest absolute Gasteiger partial charge is 0.497 e. The molecule has 0 radical (unpaired) electrons. The van der Waals surface area contributed by atoms with Gasteiger partial charge in [-0.15, -0.1) is 0 Å². The number of allylic oxidation sites excluding steroid dienone is 1. The third-order valence-corrected chi connectivity index (χ3v) is 2.74. The smallest absolute Gasteiger partial charge is 0.125 e. The maximum atomic E-state index is 13.0. The number of halogens is 1. The maximum absolute atomic E-state index is 13.0. The summed E-state index contributed by atoms with van der Waals surface area (Å²) in [5.41, 5.74) is 1.89. The molecule has 1 heterocycles. The van der Waals surface area contributed by atoms with Gasteiger partial charge in [0.1, 0.15) is 11.9 Å². The Balaban J connectivity index is 1.93. The average molecular weight is 221 g/mol. The minimum atomic E-state index is -0.211. The van der Waals surface area contributed by atoms with Crippen molar-refractivity contribution in [2.24, 2.45) is 0 Å². The van der Waals surface area contributed by atoms with Crippen molar-refractivity contribution in [1.29, 1.82) is 0 Å². The number of anilines is 1. The molecule has 0 spiro atoms. The van der Waals surface area contributed by atoms with E-state index in [4.69, 9.17) is 4.74 Å². The van der Waals surface area contributed by atoms with Gasteiger partial charge in [-0.25, -0.2) is 4.39 Å². The molecule has 1 aliphatic rings. The summed E-state index contributed by atoms with van der Waals surface area (Å²) in [7, 11) is 0. The SMILES string of the molecule is Cc1ccc(F)cc1NCC1CCC=CO1. The molecule has 0 bridgehead atoms. The van der Waals surface area contributed by atoms with Crippen LogP contribution in [-0.2, 0) is 4.74 Å². The van der Waals surface area contributed by atoms with Crippen LogP contribution in [0.5, 0.6) is 0 Å². The Kier molecular flexibility index (Phi) is 3.44. The van der Waals surface area contributed by atoms with E-state index in [9.17, 15) is 4.39 Å². The molecule has 0 amide bonds. The Labute approximate surface area is 95.1 Å². The van der Waals surface area contributed by atoms with E-state index >= 15 is 0 Å². The predicted octanol–water partition coefficient (Wildman–Crippen LogP) is 3.24. The van der Waals surface area contributed by atoms with Crippen LogP contribution in [0.15, 0.2) is 30.5 Å². The maximum Gasteiger partial charge on any atom is 0.125 e. The normalized spacial score (nSPS) is 19.2. The van der Waals surface area contributed by atoms with Crippen LogP contribution in [0.25, 0.3) is 0 Å². The van der Waals surface area contributed by atoms with Gasteiger partial charge in [-0.05, 0) is 43.5 Å². The number of aryl methyl sites for hydroxylation is 1. The van der Waals surface area contributed by atoms with Crippen molar-refractivity contribution in [2.45, 2.75) is 25.9 Å². The van der Waals surface area contributed by atoms with E-state index in [1.807, 2.05) is 13.0 Å². The van der Waals surface area contributed by atoms with Crippen LogP contribution in [0.4, 0.5) is 10.1 Å². The molecular formula is C13H16FNO. The molecule has 1 unspecified atom stereocenters. The highest BCUT2D eigenvalue weighted by atomic mass is 19.1. The standard InChI is InChI=1S/C13H16FNO/c1-10-5-6-11(14)8-13(10)15-9-12-4-2-3-7-16-12/h3,5-8,12,15H,2,4,9H2,1H3. The number of hydrogen-bond acceptors (Lipinski definition) is 2. The zero-order valence-corrected chi connectivity index (χ0v) is 9.37. The first-order valence-corrected chi connectivity index (χ1v) is 5.56. The number of hydrogen-bond donors (Lipinski definition) is 1. The molecule has 0 saturated carbocycles. The first kappa shape index (κ1) is 11.0. The van der Waals surface area contributed by atoms with Gasteiger partial charge in [0.2, 0.25) is 0 Å². The van der Waals surface area contributed by atoms with Crippen LogP contribution in [0.2, 0.25) is 0 Å². The fourth-order valence-electron chi connectivity index (χ4n) is 1.74. The van der Waals surface area contributed by atoms with Crippen molar-refractivity contribution in [1.82, 2.24) is 0 Å². The second-order valence-electron chi connectivity index (χ2n) is 4.05. The first-order chi connectivity index (χ1) is 7.75. The fraction of sp³-hybridized carbons (Fsp3) is 0.385. The summed E-state index contributed by atoms with van der Waals surface area (Å²) in [5, 5.41) is 3.22. The molecule has 1 aromatic rings. The van der Waals surface area contributed by atoms with Crippen LogP contribution in [-0.4, -0.2) is 12.6 Å². The first-order valence-electron chi connectivity index (χ1n) is 5.56. The molecule has 0 saturated heterocycles. The molecule has 1 aromatic carbocycles. The van der Waals surface area contributed by atoms with Crippen LogP contribution in [0, 0.1) is 12.7 Å². The van der Waals surface area contributed by atoms with Gasteiger partial charge in [-0.3, -0.25) is 0 Å². The molecular weight excluding hydrogens is 205 g/mol. The van der Waals surface area contributed by atoms with Crippen molar-refractivity contribution in [3.05, 3.63) is 41.9 Å². The van der Waals surface area contributed by atoms with Crippen LogP contribution in [0.3, 0.4) is 0 Å². The third kappa shape index (κ3) is 2.75. The van der Waals surface area contributed by atoms with Gasteiger partial charge in [-0.1, -0.05) is 6.07 Å². The van der Waals surface area contributed by atoms with Crippen LogP contribution >= 0.6 is 0 Å². The molecule has 1 aliphatic heterocycles. The Morgan fingerprint density at radius 2 is 2.38 bits per heavy atom. The zero-order valence-electron chi connectivity index (χ0n) is 9.37. The summed E-state index contributed by atoms with van der Waals surface area (Å²) >= 11 is 0. The van der Waals surface area contributed by atoms with Gasteiger partial charge >= 0.3 is 0 Å². The van der Waals surface area contributed by atoms with Crippen molar-refractivity contribution >= 4 is 5.69 Å². The molecule has 86 valence electrons. The van der Waals surface area contributed by atoms with Crippen LogP contribution < -0.4 is 5.32 Å². The molecule has 0 aliphatic carbocycles. The van der Waals surface area contributed by atoms with E-state index in [-0.39, 0.29) is 11.9 Å². The Morgan fingerprint density at radius 3 is 3.12 bits per heavy atom. The summed E-state index contributed by atoms with van der Waals surface area (Å²) in [6.07, 6.45) is 6.01. The molecule has 1 N–H and O–H groups in total. The summed E-state index contributed by atoms with van der Waals surface area (Å²) in [4.78, 5) is 0. The molecule has 16 heavy (non-hydrogen) atoms. The molecule has 0 aromatic heterocycles. The van der Waals surface area contributed by atoms with E-state index in [2.05, 4.69) is 5.32 Å².